The molecule has 4 rings (SSSR count). The molecule has 12 heteroatoms. The Morgan fingerprint density at radius 1 is 1.38 bits per heavy atom. The van der Waals surface area contributed by atoms with E-state index in [1.54, 1.807) is 23.8 Å². The molecule has 0 bridgehead atoms. The van der Waals surface area contributed by atoms with Crippen LogP contribution in [-0.4, -0.2) is 55.6 Å². The van der Waals surface area contributed by atoms with Gasteiger partial charge in [-0.15, -0.1) is 0 Å². The zero-order valence-corrected chi connectivity index (χ0v) is 21.4. The molecule has 200 valence electrons. The minimum Gasteiger partial charge on any atom is -0.497 e. The molecule has 3 N–H and O–H groups in total. The van der Waals surface area contributed by atoms with Gasteiger partial charge in [0.05, 0.1) is 48.4 Å². The maximum atomic E-state index is 13.0. The topological polar surface area (TPSA) is 162 Å². The third kappa shape index (κ3) is 5.23. The Labute approximate surface area is 213 Å². The Morgan fingerprint density at radius 3 is 2.70 bits per heavy atom. The first-order chi connectivity index (χ1) is 17.4. The van der Waals surface area contributed by atoms with Gasteiger partial charge in [-0.2, -0.15) is 0 Å². The Morgan fingerprint density at radius 2 is 2.11 bits per heavy atom. The van der Waals surface area contributed by atoms with E-state index in [4.69, 9.17) is 14.2 Å². The number of nitrogens with zero attached hydrogens (tertiary/aromatic N) is 3. The minimum absolute atomic E-state index is 0.0493. The van der Waals surface area contributed by atoms with Crippen LogP contribution in [0.2, 0.25) is 0 Å². The van der Waals surface area contributed by atoms with Crippen LogP contribution in [0.4, 0.5) is 5.69 Å². The number of hydrogen-bond acceptors (Lipinski definition) is 9. The van der Waals surface area contributed by atoms with Crippen molar-refractivity contribution in [3.8, 4) is 5.75 Å². The van der Waals surface area contributed by atoms with Gasteiger partial charge in [-0.25, -0.2) is 4.98 Å². The van der Waals surface area contributed by atoms with Crippen LogP contribution >= 0.6 is 0 Å². The lowest BCUT2D eigenvalue weighted by atomic mass is 9.83. The van der Waals surface area contributed by atoms with Crippen LogP contribution in [0.3, 0.4) is 0 Å². The number of nitro groups is 1. The summed E-state index contributed by atoms with van der Waals surface area (Å²) in [5.74, 6) is 0.864. The minimum atomic E-state index is -0.867. The van der Waals surface area contributed by atoms with E-state index < -0.39 is 34.9 Å². The summed E-state index contributed by atoms with van der Waals surface area (Å²) in [6, 6.07) is 4.51. The molecular weight excluding hydrogens is 484 g/mol. The molecule has 0 radical (unpaired) electrons. The van der Waals surface area contributed by atoms with Crippen LogP contribution in [0.25, 0.3) is 11.0 Å². The molecule has 1 saturated heterocycles. The molecule has 2 aromatic heterocycles. The van der Waals surface area contributed by atoms with Gasteiger partial charge < -0.3 is 34.0 Å². The zero-order valence-electron chi connectivity index (χ0n) is 21.4. The number of nitro benzene ring substituents is 1. The first-order valence-electron chi connectivity index (χ1n) is 11.9. The second-order valence-corrected chi connectivity index (χ2v) is 10.3. The van der Waals surface area contributed by atoms with Gasteiger partial charge >= 0.3 is 0 Å². The van der Waals surface area contributed by atoms with Gasteiger partial charge in [0, 0.05) is 24.2 Å². The highest BCUT2D eigenvalue weighted by Gasteiger charge is 2.37. The van der Waals surface area contributed by atoms with E-state index in [0.29, 0.717) is 33.7 Å². The number of benzene rings is 1. The summed E-state index contributed by atoms with van der Waals surface area (Å²) in [7, 11) is 1.48. The van der Waals surface area contributed by atoms with E-state index in [-0.39, 0.29) is 30.9 Å². The van der Waals surface area contributed by atoms with E-state index in [9.17, 15) is 25.1 Å². The fraction of sp³-hybridized carbons (Fsp3) is 0.520. The lowest BCUT2D eigenvalue weighted by molar-refractivity contribution is -0.386. The average molecular weight is 517 g/mol. The number of aromatic nitrogens is 3. The molecule has 12 nitrogen and oxygen atoms in total. The van der Waals surface area contributed by atoms with Crippen molar-refractivity contribution >= 4 is 16.7 Å². The number of H-pyrrole nitrogens is 1. The number of aliphatic hydroxyl groups is 2. The number of nitrogens with one attached hydrogen (secondary N) is 1. The van der Waals surface area contributed by atoms with E-state index in [1.165, 1.54) is 19.2 Å². The number of hydrogen-bond donors (Lipinski definition) is 3. The van der Waals surface area contributed by atoms with Gasteiger partial charge in [0.15, 0.2) is 0 Å². The van der Waals surface area contributed by atoms with E-state index in [2.05, 4.69) is 9.97 Å². The molecule has 3 aromatic rings. The van der Waals surface area contributed by atoms with Crippen molar-refractivity contribution in [2.24, 2.45) is 5.41 Å². The summed E-state index contributed by atoms with van der Waals surface area (Å²) in [4.78, 5) is 31.5. The summed E-state index contributed by atoms with van der Waals surface area (Å²) < 4.78 is 19.1. The molecule has 0 aliphatic carbocycles. The van der Waals surface area contributed by atoms with Crippen molar-refractivity contribution < 1.29 is 29.3 Å². The van der Waals surface area contributed by atoms with E-state index in [0.717, 1.165) is 0 Å². The van der Waals surface area contributed by atoms with Crippen molar-refractivity contribution in [1.82, 2.24) is 14.5 Å². The average Bonchev–Trinajstić information content (AvgIpc) is 3.38. The van der Waals surface area contributed by atoms with Crippen LogP contribution in [0.5, 0.6) is 5.75 Å². The van der Waals surface area contributed by atoms with Gasteiger partial charge in [-0.1, -0.05) is 20.8 Å². The maximum absolute atomic E-state index is 13.0. The first-order valence-corrected chi connectivity index (χ1v) is 11.9. The maximum Gasteiger partial charge on any atom is 0.275 e. The first kappa shape index (κ1) is 26.7. The Kier molecular flexibility index (Phi) is 7.38. The number of aliphatic hydroxyl groups excluding tert-OH is 2. The molecule has 4 atom stereocenters. The fourth-order valence-electron chi connectivity index (χ4n) is 4.74. The number of ether oxygens (including phenoxy) is 3. The number of fused-ring (bicyclic) bond motifs is 1. The second-order valence-electron chi connectivity index (χ2n) is 10.3. The summed E-state index contributed by atoms with van der Waals surface area (Å²) in [5, 5.41) is 31.8. The fourth-order valence-corrected chi connectivity index (χ4v) is 4.74. The van der Waals surface area contributed by atoms with Crippen molar-refractivity contribution in [2.45, 2.75) is 65.3 Å². The van der Waals surface area contributed by atoms with Gasteiger partial charge in [0.25, 0.3) is 11.2 Å². The highest BCUT2D eigenvalue weighted by Crippen LogP contribution is 2.42. The summed E-state index contributed by atoms with van der Waals surface area (Å²) in [5.41, 5.74) is 0.211. The largest absolute Gasteiger partial charge is 0.497 e. The number of rotatable bonds is 8. The molecular formula is C25H32N4O8. The monoisotopic (exact) mass is 516 g/mol. The quantitative estimate of drug-likeness (QED) is 0.302. The van der Waals surface area contributed by atoms with Crippen LogP contribution in [0.1, 0.15) is 56.5 Å². The molecule has 1 aliphatic heterocycles. The molecule has 0 spiro atoms. The zero-order chi connectivity index (χ0) is 27.1. The Bertz CT molecular complexity index is 1360. The van der Waals surface area contributed by atoms with Crippen molar-refractivity contribution in [1.29, 1.82) is 0 Å². The SMILES string of the molecule is COc1ccc([N+](=O)[O-])c([C@@H](OCc2cn([C@H]3CC(O)[C@@H](CO)O3)c3nc(C)[nH]c(=O)c23)C(C)(C)C)c1. The molecule has 0 amide bonds. The lowest BCUT2D eigenvalue weighted by Crippen LogP contribution is -2.24. The Hall–Kier alpha value is -3.32. The molecule has 1 aliphatic rings. The molecule has 37 heavy (non-hydrogen) atoms. The van der Waals surface area contributed by atoms with Crippen LogP contribution in [0.15, 0.2) is 29.2 Å². The number of aromatic amines is 1. The van der Waals surface area contributed by atoms with Gasteiger partial charge in [0.1, 0.15) is 29.6 Å². The molecule has 1 aromatic carbocycles. The molecule has 1 fully saturated rings. The third-order valence-corrected chi connectivity index (χ3v) is 6.48. The van der Waals surface area contributed by atoms with Gasteiger partial charge in [0.2, 0.25) is 0 Å². The second kappa shape index (κ2) is 10.2. The third-order valence-electron chi connectivity index (χ3n) is 6.48. The van der Waals surface area contributed by atoms with Crippen molar-refractivity contribution in [2.75, 3.05) is 13.7 Å². The molecule has 1 unspecified atom stereocenters. The number of methoxy groups -OCH3 is 1. The predicted octanol–water partition coefficient (Wildman–Crippen LogP) is 2.89. The van der Waals surface area contributed by atoms with E-state index in [1.807, 2.05) is 20.8 Å². The van der Waals surface area contributed by atoms with Crippen LogP contribution in [0, 0.1) is 22.5 Å². The predicted molar refractivity (Wildman–Crippen MR) is 133 cm³/mol. The molecule has 0 saturated carbocycles. The summed E-state index contributed by atoms with van der Waals surface area (Å²) in [6.07, 6.45) is -1.08. The van der Waals surface area contributed by atoms with Crippen molar-refractivity contribution in [3.63, 3.8) is 0 Å². The normalized spacial score (nSPS) is 20.9. The smallest absolute Gasteiger partial charge is 0.275 e. The Balaban J connectivity index is 1.76. The van der Waals surface area contributed by atoms with Gasteiger partial charge in [-0.05, 0) is 24.5 Å². The van der Waals surface area contributed by atoms with E-state index >= 15 is 0 Å². The van der Waals surface area contributed by atoms with Crippen molar-refractivity contribution in [3.05, 3.63) is 61.8 Å². The van der Waals surface area contributed by atoms with Crippen LogP contribution < -0.4 is 10.3 Å². The summed E-state index contributed by atoms with van der Waals surface area (Å²) in [6.45, 7) is 6.99. The standard InChI is InChI=1S/C25H32N4O8/c1-13-26-23-21(24(32)27-13)14(10-28(23)20-9-18(31)19(11-30)37-20)12-36-22(25(2,3)4)16-8-15(35-5)6-7-17(16)29(33)34/h6-8,10,18-20,22,30-31H,9,11-12H2,1-5H3,(H,26,27,32)/t18?,19-,20-,22-/m1/s1. The highest BCUT2D eigenvalue weighted by molar-refractivity contribution is 5.79. The van der Waals surface area contributed by atoms with Gasteiger partial charge in [-0.3, -0.25) is 14.9 Å². The highest BCUT2D eigenvalue weighted by atomic mass is 16.6. The number of aryl methyl sites for hydroxylation is 1. The van der Waals surface area contributed by atoms with Crippen LogP contribution in [-0.2, 0) is 16.1 Å². The molecule has 3 heterocycles. The summed E-state index contributed by atoms with van der Waals surface area (Å²) >= 11 is 0. The lowest BCUT2D eigenvalue weighted by Gasteiger charge is -2.31.